The van der Waals surface area contributed by atoms with Crippen LogP contribution in [0, 0.1) is 41.4 Å². The summed E-state index contributed by atoms with van der Waals surface area (Å²) in [6.45, 7) is 5.64. The van der Waals surface area contributed by atoms with E-state index in [-0.39, 0.29) is 0 Å². The fourth-order valence-corrected chi connectivity index (χ4v) is 5.31. The lowest BCUT2D eigenvalue weighted by molar-refractivity contribution is -0.0123. The third kappa shape index (κ3) is 2.43. The zero-order chi connectivity index (χ0) is 12.7. The Morgan fingerprint density at radius 1 is 0.895 bits per heavy atom. The Morgan fingerprint density at radius 2 is 1.53 bits per heavy atom. The summed E-state index contributed by atoms with van der Waals surface area (Å²) in [5.41, 5.74) is 0. The van der Waals surface area contributed by atoms with E-state index in [1.54, 1.807) is 6.42 Å². The minimum Gasteiger partial charge on any atom is -0.314 e. The van der Waals surface area contributed by atoms with Crippen molar-refractivity contribution in [2.24, 2.45) is 29.6 Å². The highest BCUT2D eigenvalue weighted by molar-refractivity contribution is 5.14. The average molecular weight is 258 g/mol. The van der Waals surface area contributed by atoms with E-state index in [2.05, 4.69) is 22.1 Å². The highest BCUT2D eigenvalue weighted by atomic mass is 15.2. The van der Waals surface area contributed by atoms with Gasteiger partial charge in [0, 0.05) is 32.1 Å². The molecule has 4 aliphatic carbocycles. The van der Waals surface area contributed by atoms with Crippen LogP contribution in [0.15, 0.2) is 0 Å². The summed E-state index contributed by atoms with van der Waals surface area (Å²) >= 11 is 0. The molecule has 1 saturated heterocycles. The molecule has 5 fully saturated rings. The van der Waals surface area contributed by atoms with Gasteiger partial charge in [0.15, 0.2) is 0 Å². The molecule has 2 heteroatoms. The van der Waals surface area contributed by atoms with Gasteiger partial charge in [-0.1, -0.05) is 11.8 Å². The Morgan fingerprint density at radius 3 is 2.16 bits per heavy atom. The van der Waals surface area contributed by atoms with Crippen molar-refractivity contribution in [2.45, 2.75) is 32.1 Å². The van der Waals surface area contributed by atoms with Crippen LogP contribution in [0.25, 0.3) is 0 Å². The van der Waals surface area contributed by atoms with E-state index in [4.69, 9.17) is 0 Å². The summed E-state index contributed by atoms with van der Waals surface area (Å²) in [6, 6.07) is 0. The van der Waals surface area contributed by atoms with Crippen LogP contribution in [0.2, 0.25) is 0 Å². The van der Waals surface area contributed by atoms with Crippen molar-refractivity contribution in [1.29, 1.82) is 0 Å². The monoisotopic (exact) mass is 258 g/mol. The van der Waals surface area contributed by atoms with E-state index in [0.29, 0.717) is 0 Å². The molecular weight excluding hydrogens is 232 g/mol. The number of nitrogens with zero attached hydrogens (tertiary/aromatic N) is 1. The van der Waals surface area contributed by atoms with E-state index in [0.717, 1.165) is 49.2 Å². The van der Waals surface area contributed by atoms with Crippen molar-refractivity contribution in [2.75, 3.05) is 32.7 Å². The van der Waals surface area contributed by atoms with Crippen LogP contribution in [0.3, 0.4) is 0 Å². The van der Waals surface area contributed by atoms with Gasteiger partial charge in [0.2, 0.25) is 0 Å². The van der Waals surface area contributed by atoms with Crippen molar-refractivity contribution < 1.29 is 0 Å². The smallest absolute Gasteiger partial charge is 0.0602 e. The zero-order valence-corrected chi connectivity index (χ0v) is 11.9. The number of rotatable bonds is 1. The number of hydrogen-bond donors (Lipinski definition) is 1. The lowest BCUT2D eigenvalue weighted by atomic mass is 9.52. The second-order valence-electron chi connectivity index (χ2n) is 7.30. The highest BCUT2D eigenvalue weighted by Gasteiger charge is 2.47. The highest BCUT2D eigenvalue weighted by Crippen LogP contribution is 2.56. The van der Waals surface area contributed by atoms with Crippen molar-refractivity contribution in [3.8, 4) is 11.8 Å². The molecule has 4 saturated carbocycles. The molecule has 5 aliphatic rings. The SMILES string of the molecule is C(#CC1C2CC3CC(C2)CC1C3)CN1CCNCC1. The molecule has 1 aliphatic heterocycles. The summed E-state index contributed by atoms with van der Waals surface area (Å²) < 4.78 is 0. The van der Waals surface area contributed by atoms with Gasteiger partial charge >= 0.3 is 0 Å². The minimum absolute atomic E-state index is 0.760. The molecule has 104 valence electrons. The van der Waals surface area contributed by atoms with Gasteiger partial charge in [0.1, 0.15) is 0 Å². The molecule has 0 radical (unpaired) electrons. The number of nitrogens with one attached hydrogen (secondary N) is 1. The van der Waals surface area contributed by atoms with Crippen molar-refractivity contribution >= 4 is 0 Å². The molecule has 2 nitrogen and oxygen atoms in total. The zero-order valence-electron chi connectivity index (χ0n) is 11.9. The van der Waals surface area contributed by atoms with Gasteiger partial charge < -0.3 is 5.32 Å². The Kier molecular flexibility index (Phi) is 3.29. The summed E-state index contributed by atoms with van der Waals surface area (Å²) in [5, 5.41) is 3.41. The van der Waals surface area contributed by atoms with E-state index < -0.39 is 0 Å². The van der Waals surface area contributed by atoms with Crippen LogP contribution in [-0.4, -0.2) is 37.6 Å². The lowest BCUT2D eigenvalue weighted by Gasteiger charge is -2.53. The first-order chi connectivity index (χ1) is 9.38. The van der Waals surface area contributed by atoms with Crippen LogP contribution in [-0.2, 0) is 0 Å². The predicted molar refractivity (Wildman–Crippen MR) is 77.6 cm³/mol. The Bertz CT molecular complexity index is 358. The standard InChI is InChI=1S/C17H26N2/c1(5-19-6-3-18-4-7-19)2-17-15-9-13-8-14(11-15)12-16(17)10-13/h13-18H,3-12H2. The third-order valence-corrected chi connectivity index (χ3v) is 6.01. The number of piperazine rings is 1. The van der Waals surface area contributed by atoms with Gasteiger partial charge in [-0.3, -0.25) is 4.90 Å². The van der Waals surface area contributed by atoms with Crippen molar-refractivity contribution in [3.05, 3.63) is 0 Å². The molecule has 0 spiro atoms. The van der Waals surface area contributed by atoms with Crippen molar-refractivity contribution in [1.82, 2.24) is 10.2 Å². The molecular formula is C17H26N2. The second-order valence-corrected chi connectivity index (χ2v) is 7.30. The molecule has 19 heavy (non-hydrogen) atoms. The fraction of sp³-hybridized carbons (Fsp3) is 0.882. The molecule has 0 aromatic carbocycles. The first-order valence-electron chi connectivity index (χ1n) is 8.30. The Labute approximate surface area is 117 Å². The van der Waals surface area contributed by atoms with Crippen LogP contribution in [0.4, 0.5) is 0 Å². The van der Waals surface area contributed by atoms with Crippen LogP contribution >= 0.6 is 0 Å². The Hall–Kier alpha value is -0.520. The maximum atomic E-state index is 3.70. The summed E-state index contributed by atoms with van der Waals surface area (Å²) in [6.07, 6.45) is 7.55. The van der Waals surface area contributed by atoms with Crippen LogP contribution in [0.5, 0.6) is 0 Å². The van der Waals surface area contributed by atoms with Gasteiger partial charge in [0.05, 0.1) is 6.54 Å². The summed E-state index contributed by atoms with van der Waals surface area (Å²) in [4.78, 5) is 2.50. The summed E-state index contributed by atoms with van der Waals surface area (Å²) in [5.74, 6) is 12.1. The molecule has 0 aromatic rings. The van der Waals surface area contributed by atoms with Crippen LogP contribution < -0.4 is 5.32 Å². The van der Waals surface area contributed by atoms with Crippen molar-refractivity contribution in [3.63, 3.8) is 0 Å². The molecule has 5 rings (SSSR count). The fourth-order valence-electron chi connectivity index (χ4n) is 5.31. The first-order valence-corrected chi connectivity index (χ1v) is 8.30. The molecule has 0 atom stereocenters. The molecule has 0 amide bonds. The normalized spacial score (nSPS) is 44.9. The molecule has 1 N–H and O–H groups in total. The first kappa shape index (κ1) is 12.2. The third-order valence-electron chi connectivity index (χ3n) is 6.01. The van der Waals surface area contributed by atoms with Gasteiger partial charge in [-0.15, -0.1) is 0 Å². The van der Waals surface area contributed by atoms with E-state index >= 15 is 0 Å². The van der Waals surface area contributed by atoms with E-state index in [1.807, 2.05) is 0 Å². The Balaban J connectivity index is 1.37. The van der Waals surface area contributed by atoms with Gasteiger partial charge in [-0.05, 0) is 55.8 Å². The molecule has 1 heterocycles. The quantitative estimate of drug-likeness (QED) is 0.723. The number of hydrogen-bond acceptors (Lipinski definition) is 2. The van der Waals surface area contributed by atoms with E-state index in [9.17, 15) is 0 Å². The lowest BCUT2D eigenvalue weighted by Crippen LogP contribution is -2.45. The maximum absolute atomic E-state index is 3.70. The van der Waals surface area contributed by atoms with Crippen LogP contribution in [0.1, 0.15) is 32.1 Å². The predicted octanol–water partition coefficient (Wildman–Crippen LogP) is 1.97. The van der Waals surface area contributed by atoms with Gasteiger partial charge in [0.25, 0.3) is 0 Å². The minimum atomic E-state index is 0.760. The van der Waals surface area contributed by atoms with Gasteiger partial charge in [-0.2, -0.15) is 0 Å². The molecule has 0 unspecified atom stereocenters. The topological polar surface area (TPSA) is 15.3 Å². The molecule has 0 aromatic heterocycles. The largest absolute Gasteiger partial charge is 0.314 e. The molecule has 4 bridgehead atoms. The van der Waals surface area contributed by atoms with E-state index in [1.165, 1.54) is 38.8 Å². The average Bonchev–Trinajstić information content (AvgIpc) is 2.42. The summed E-state index contributed by atoms with van der Waals surface area (Å²) in [7, 11) is 0. The van der Waals surface area contributed by atoms with Gasteiger partial charge in [-0.25, -0.2) is 0 Å². The second kappa shape index (κ2) is 5.11. The maximum Gasteiger partial charge on any atom is 0.0602 e.